The van der Waals surface area contributed by atoms with Crippen molar-refractivity contribution in [1.29, 1.82) is 0 Å². The molecule has 3 rings (SSSR count). The minimum absolute atomic E-state index is 0.736. The van der Waals surface area contributed by atoms with Crippen molar-refractivity contribution in [1.82, 2.24) is 4.57 Å². The summed E-state index contributed by atoms with van der Waals surface area (Å²) in [6.07, 6.45) is 2.17. The van der Waals surface area contributed by atoms with E-state index in [-0.39, 0.29) is 0 Å². The number of unbranched alkanes of at least 4 members (excludes halogenated alkanes) is 1. The minimum Gasteiger partial charge on any atom is -0.340 e. The van der Waals surface area contributed by atoms with Gasteiger partial charge >= 0.3 is 0 Å². The third-order valence-corrected chi connectivity index (χ3v) is 3.91. The quantitative estimate of drug-likeness (QED) is 0.441. The van der Waals surface area contributed by atoms with Crippen LogP contribution < -0.4 is 0 Å². The molecule has 0 aliphatic rings. The number of alkyl halides is 1. The standard InChI is InChI=1S/C18H18ClN/c19-12-6-7-13-20-17-11-5-4-10-16(17)14-18(20)15-8-2-1-3-9-15/h1-5,8-11,14H,6-7,12-13H2. The first-order valence-electron chi connectivity index (χ1n) is 7.10. The summed E-state index contributed by atoms with van der Waals surface area (Å²) < 4.78 is 2.41. The molecule has 0 spiro atoms. The summed E-state index contributed by atoms with van der Waals surface area (Å²) >= 11 is 5.81. The second kappa shape index (κ2) is 6.15. The maximum absolute atomic E-state index is 5.81. The van der Waals surface area contributed by atoms with Gasteiger partial charge in [-0.05, 0) is 30.5 Å². The SMILES string of the molecule is ClCCCCn1c(-c2ccccc2)cc2ccccc21. The summed E-state index contributed by atoms with van der Waals surface area (Å²) in [7, 11) is 0. The van der Waals surface area contributed by atoms with Gasteiger partial charge in [-0.1, -0.05) is 48.5 Å². The van der Waals surface area contributed by atoms with Gasteiger partial charge in [0.15, 0.2) is 0 Å². The van der Waals surface area contributed by atoms with E-state index < -0.39 is 0 Å². The Morgan fingerprint density at radius 1 is 0.850 bits per heavy atom. The van der Waals surface area contributed by atoms with E-state index in [9.17, 15) is 0 Å². The van der Waals surface area contributed by atoms with E-state index in [2.05, 4.69) is 65.2 Å². The van der Waals surface area contributed by atoms with Gasteiger partial charge in [0.25, 0.3) is 0 Å². The van der Waals surface area contributed by atoms with Crippen molar-refractivity contribution in [2.24, 2.45) is 0 Å². The fraction of sp³-hybridized carbons (Fsp3) is 0.222. The highest BCUT2D eigenvalue weighted by Gasteiger charge is 2.09. The molecular formula is C18H18ClN. The molecule has 0 bridgehead atoms. The monoisotopic (exact) mass is 283 g/mol. The Hall–Kier alpha value is -1.73. The van der Waals surface area contributed by atoms with Gasteiger partial charge in [-0.15, -0.1) is 11.6 Å². The lowest BCUT2D eigenvalue weighted by Crippen LogP contribution is -2.00. The normalized spacial score (nSPS) is 11.1. The molecule has 1 heterocycles. The van der Waals surface area contributed by atoms with E-state index in [1.165, 1.54) is 22.2 Å². The molecule has 0 unspecified atom stereocenters. The number of halogens is 1. The van der Waals surface area contributed by atoms with Crippen LogP contribution in [-0.4, -0.2) is 10.4 Å². The van der Waals surface area contributed by atoms with Crippen molar-refractivity contribution in [3.05, 3.63) is 60.7 Å². The molecule has 0 radical (unpaired) electrons. The van der Waals surface area contributed by atoms with Crippen LogP contribution in [0.15, 0.2) is 60.7 Å². The zero-order valence-electron chi connectivity index (χ0n) is 11.4. The Bertz CT molecular complexity index is 685. The van der Waals surface area contributed by atoms with Gasteiger partial charge in [0.2, 0.25) is 0 Å². The fourth-order valence-electron chi connectivity index (χ4n) is 2.66. The van der Waals surface area contributed by atoms with Crippen LogP contribution in [0.2, 0.25) is 0 Å². The van der Waals surface area contributed by atoms with Crippen LogP contribution in [-0.2, 0) is 6.54 Å². The summed E-state index contributed by atoms with van der Waals surface area (Å²) in [6, 6.07) is 21.5. The number of fused-ring (bicyclic) bond motifs is 1. The number of nitrogens with zero attached hydrogens (tertiary/aromatic N) is 1. The average Bonchev–Trinajstić information content (AvgIpc) is 2.87. The van der Waals surface area contributed by atoms with Gasteiger partial charge in [-0.3, -0.25) is 0 Å². The molecule has 102 valence electrons. The van der Waals surface area contributed by atoms with Crippen molar-refractivity contribution >= 4 is 22.5 Å². The van der Waals surface area contributed by atoms with E-state index in [0.717, 1.165) is 25.3 Å². The summed E-state index contributed by atoms with van der Waals surface area (Å²) in [5, 5.41) is 1.30. The topological polar surface area (TPSA) is 4.93 Å². The van der Waals surface area contributed by atoms with Crippen molar-refractivity contribution in [2.75, 3.05) is 5.88 Å². The molecule has 0 aliphatic heterocycles. The van der Waals surface area contributed by atoms with Gasteiger partial charge in [0, 0.05) is 29.0 Å². The van der Waals surface area contributed by atoms with E-state index in [0.29, 0.717) is 0 Å². The van der Waals surface area contributed by atoms with E-state index in [1.54, 1.807) is 0 Å². The predicted molar refractivity (Wildman–Crippen MR) is 87.3 cm³/mol. The Balaban J connectivity index is 2.08. The molecule has 0 saturated heterocycles. The molecule has 1 nitrogen and oxygen atoms in total. The van der Waals surface area contributed by atoms with E-state index >= 15 is 0 Å². The second-order valence-corrected chi connectivity index (χ2v) is 5.38. The summed E-state index contributed by atoms with van der Waals surface area (Å²) in [5.74, 6) is 0.736. The largest absolute Gasteiger partial charge is 0.340 e. The van der Waals surface area contributed by atoms with Crippen LogP contribution in [0.25, 0.3) is 22.2 Å². The summed E-state index contributed by atoms with van der Waals surface area (Å²) in [5.41, 5.74) is 3.87. The van der Waals surface area contributed by atoms with Crippen molar-refractivity contribution in [3.8, 4) is 11.3 Å². The number of aryl methyl sites for hydroxylation is 1. The summed E-state index contributed by atoms with van der Waals surface area (Å²) in [4.78, 5) is 0. The molecule has 0 amide bonds. The molecule has 0 fully saturated rings. The number of hydrogen-bond donors (Lipinski definition) is 0. The van der Waals surface area contributed by atoms with Crippen LogP contribution in [0.5, 0.6) is 0 Å². The number of hydrogen-bond acceptors (Lipinski definition) is 0. The zero-order chi connectivity index (χ0) is 13.8. The molecule has 0 atom stereocenters. The molecular weight excluding hydrogens is 266 g/mol. The van der Waals surface area contributed by atoms with Gasteiger partial charge < -0.3 is 4.57 Å². The van der Waals surface area contributed by atoms with Crippen molar-refractivity contribution in [2.45, 2.75) is 19.4 Å². The lowest BCUT2D eigenvalue weighted by Gasteiger charge is -2.10. The molecule has 1 aromatic heterocycles. The number of aromatic nitrogens is 1. The molecule has 2 aromatic carbocycles. The highest BCUT2D eigenvalue weighted by Crippen LogP contribution is 2.28. The highest BCUT2D eigenvalue weighted by atomic mass is 35.5. The maximum Gasteiger partial charge on any atom is 0.0491 e. The van der Waals surface area contributed by atoms with E-state index in [4.69, 9.17) is 11.6 Å². The Morgan fingerprint density at radius 3 is 2.40 bits per heavy atom. The zero-order valence-corrected chi connectivity index (χ0v) is 12.2. The Morgan fingerprint density at radius 2 is 1.60 bits per heavy atom. The number of para-hydroxylation sites is 1. The van der Waals surface area contributed by atoms with Crippen LogP contribution in [0, 0.1) is 0 Å². The predicted octanol–water partition coefficient (Wildman–Crippen LogP) is 5.33. The minimum atomic E-state index is 0.736. The molecule has 0 N–H and O–H groups in total. The van der Waals surface area contributed by atoms with Crippen molar-refractivity contribution < 1.29 is 0 Å². The molecule has 0 aliphatic carbocycles. The van der Waals surface area contributed by atoms with Crippen LogP contribution in [0.1, 0.15) is 12.8 Å². The molecule has 3 aromatic rings. The van der Waals surface area contributed by atoms with Crippen LogP contribution in [0.3, 0.4) is 0 Å². The Labute approximate surface area is 124 Å². The smallest absolute Gasteiger partial charge is 0.0491 e. The fourth-order valence-corrected chi connectivity index (χ4v) is 2.85. The van der Waals surface area contributed by atoms with E-state index in [1.807, 2.05) is 0 Å². The molecule has 2 heteroatoms. The first-order chi connectivity index (χ1) is 9.90. The number of rotatable bonds is 5. The molecule has 0 saturated carbocycles. The average molecular weight is 284 g/mol. The lowest BCUT2D eigenvalue weighted by molar-refractivity contribution is 0.657. The maximum atomic E-state index is 5.81. The third-order valence-electron chi connectivity index (χ3n) is 3.65. The highest BCUT2D eigenvalue weighted by molar-refractivity contribution is 6.17. The number of benzene rings is 2. The van der Waals surface area contributed by atoms with Crippen LogP contribution >= 0.6 is 11.6 Å². The molecule has 20 heavy (non-hydrogen) atoms. The second-order valence-electron chi connectivity index (χ2n) is 5.00. The first kappa shape index (κ1) is 13.3. The van der Waals surface area contributed by atoms with Gasteiger partial charge in [-0.2, -0.15) is 0 Å². The third kappa shape index (κ3) is 2.59. The Kier molecular flexibility index (Phi) is 4.08. The van der Waals surface area contributed by atoms with Gasteiger partial charge in [0.1, 0.15) is 0 Å². The first-order valence-corrected chi connectivity index (χ1v) is 7.63. The van der Waals surface area contributed by atoms with Crippen LogP contribution in [0.4, 0.5) is 0 Å². The van der Waals surface area contributed by atoms with Gasteiger partial charge in [0.05, 0.1) is 0 Å². The lowest BCUT2D eigenvalue weighted by atomic mass is 10.1. The van der Waals surface area contributed by atoms with Gasteiger partial charge in [-0.25, -0.2) is 0 Å². The van der Waals surface area contributed by atoms with Crippen molar-refractivity contribution in [3.63, 3.8) is 0 Å². The summed E-state index contributed by atoms with van der Waals surface area (Å²) in [6.45, 7) is 1.02.